The van der Waals surface area contributed by atoms with Crippen LogP contribution in [0.3, 0.4) is 0 Å². The van der Waals surface area contributed by atoms with Crippen LogP contribution in [0.5, 0.6) is 0 Å². The van der Waals surface area contributed by atoms with E-state index in [2.05, 4.69) is 0 Å². The summed E-state index contributed by atoms with van der Waals surface area (Å²) in [6.07, 6.45) is -1.06. The quantitative estimate of drug-likeness (QED) is 0.565. The zero-order valence-electron chi connectivity index (χ0n) is 17.0. The Morgan fingerprint density at radius 3 is 2.09 bits per heavy atom. The first-order valence-electron chi connectivity index (χ1n) is 10.1. The van der Waals surface area contributed by atoms with E-state index in [1.54, 1.807) is 47.5 Å². The number of carbonyl (C=O) groups is 3. The van der Waals surface area contributed by atoms with Gasteiger partial charge in [-0.1, -0.05) is 59.6 Å². The number of carbonyl (C=O) groups excluding carboxylic acids is 3. The van der Waals surface area contributed by atoms with Gasteiger partial charge in [0.1, 0.15) is 5.92 Å². The van der Waals surface area contributed by atoms with Crippen LogP contribution >= 0.6 is 23.2 Å². The normalized spacial score (nSPS) is 22.1. The number of hydroxylamine groups is 1. The van der Waals surface area contributed by atoms with Gasteiger partial charge in [-0.2, -0.15) is 0 Å². The molecule has 0 bridgehead atoms. The van der Waals surface area contributed by atoms with Gasteiger partial charge in [-0.3, -0.25) is 19.2 Å². The zero-order chi connectivity index (χ0) is 23.3. The number of hydrogen-bond acceptors (Lipinski definition) is 5. The number of nitrogens with two attached hydrogens (primary N) is 1. The molecule has 0 aromatic heterocycles. The first-order valence-corrected chi connectivity index (χ1v) is 10.9. The molecule has 0 radical (unpaired) electrons. The molecular formula is C24H17Cl2N3O4. The largest absolute Gasteiger partial charge is 0.366 e. The van der Waals surface area contributed by atoms with Gasteiger partial charge >= 0.3 is 0 Å². The van der Waals surface area contributed by atoms with Gasteiger partial charge in [0, 0.05) is 5.56 Å². The van der Waals surface area contributed by atoms with E-state index < -0.39 is 35.8 Å². The van der Waals surface area contributed by atoms with Crippen LogP contribution in [-0.2, 0) is 14.4 Å². The molecule has 2 heterocycles. The molecule has 0 unspecified atom stereocenters. The minimum atomic E-state index is -1.06. The van der Waals surface area contributed by atoms with Crippen LogP contribution in [0, 0.1) is 5.92 Å². The number of benzene rings is 3. The Balaban J connectivity index is 1.60. The number of halogens is 2. The summed E-state index contributed by atoms with van der Waals surface area (Å²) in [7, 11) is 0. The lowest BCUT2D eigenvalue weighted by Gasteiger charge is -2.29. The molecule has 2 aliphatic heterocycles. The minimum absolute atomic E-state index is 0.142. The molecule has 0 aliphatic carbocycles. The topological polar surface area (TPSA) is 92.9 Å². The lowest BCUT2D eigenvalue weighted by Crippen LogP contribution is -2.37. The van der Waals surface area contributed by atoms with Crippen LogP contribution in [-0.4, -0.2) is 23.8 Å². The van der Waals surface area contributed by atoms with E-state index in [4.69, 9.17) is 33.8 Å². The van der Waals surface area contributed by atoms with Crippen LogP contribution in [0.25, 0.3) is 0 Å². The molecular weight excluding hydrogens is 465 g/mol. The van der Waals surface area contributed by atoms with Crippen molar-refractivity contribution in [2.24, 2.45) is 11.7 Å². The fourth-order valence-electron chi connectivity index (χ4n) is 4.32. The Labute approximate surface area is 199 Å². The number of imide groups is 1. The first-order chi connectivity index (χ1) is 15.9. The van der Waals surface area contributed by atoms with Crippen LogP contribution in [0.15, 0.2) is 72.8 Å². The summed E-state index contributed by atoms with van der Waals surface area (Å²) in [5.41, 5.74) is 7.21. The second-order valence-electron chi connectivity index (χ2n) is 7.73. The van der Waals surface area contributed by atoms with Crippen LogP contribution < -0.4 is 15.7 Å². The van der Waals surface area contributed by atoms with Gasteiger partial charge in [0.05, 0.1) is 27.5 Å². The maximum Gasteiger partial charge on any atom is 0.266 e. The Kier molecular flexibility index (Phi) is 5.32. The van der Waals surface area contributed by atoms with Crippen molar-refractivity contribution in [1.29, 1.82) is 0 Å². The van der Waals surface area contributed by atoms with Crippen molar-refractivity contribution < 1.29 is 19.2 Å². The van der Waals surface area contributed by atoms with Gasteiger partial charge in [-0.15, -0.1) is 0 Å². The van der Waals surface area contributed by atoms with E-state index in [-0.39, 0.29) is 15.7 Å². The van der Waals surface area contributed by atoms with E-state index in [0.717, 1.165) is 4.90 Å². The third-order valence-electron chi connectivity index (χ3n) is 5.82. The summed E-state index contributed by atoms with van der Waals surface area (Å²) in [6.45, 7) is 0. The number of anilines is 2. The predicted octanol–water partition coefficient (Wildman–Crippen LogP) is 4.14. The highest BCUT2D eigenvalue weighted by molar-refractivity contribution is 6.42. The van der Waals surface area contributed by atoms with Crippen molar-refractivity contribution in [3.05, 3.63) is 94.0 Å². The Hall–Kier alpha value is -3.39. The summed E-state index contributed by atoms with van der Waals surface area (Å²) in [5, 5.41) is 1.94. The summed E-state index contributed by atoms with van der Waals surface area (Å²) < 4.78 is 0. The van der Waals surface area contributed by atoms with E-state index >= 15 is 0 Å². The van der Waals surface area contributed by atoms with Crippen molar-refractivity contribution in [3.8, 4) is 0 Å². The summed E-state index contributed by atoms with van der Waals surface area (Å²) in [6, 6.07) is 19.9. The molecule has 3 amide bonds. The molecule has 7 nitrogen and oxygen atoms in total. The maximum atomic E-state index is 13.6. The molecule has 33 heavy (non-hydrogen) atoms. The highest BCUT2D eigenvalue weighted by Crippen LogP contribution is 2.49. The van der Waals surface area contributed by atoms with Gasteiger partial charge in [0.2, 0.25) is 11.8 Å². The van der Waals surface area contributed by atoms with Crippen LogP contribution in [0.1, 0.15) is 22.0 Å². The Bertz CT molecular complexity index is 1250. The standard InChI is InChI=1S/C24H17Cl2N3O4/c25-16-7-4-8-17(26)20(16)28-23(31)18-19(13-9-11-14(12-10-13)22(27)30)29(33-21(18)24(28)32)15-5-2-1-3-6-15/h1-12,18-19,21H,(H2,27,30)/t18-,19+,21-/m1/s1. The molecule has 3 aromatic carbocycles. The highest BCUT2D eigenvalue weighted by Gasteiger charge is 2.60. The van der Waals surface area contributed by atoms with Crippen molar-refractivity contribution in [3.63, 3.8) is 0 Å². The van der Waals surface area contributed by atoms with E-state index in [9.17, 15) is 14.4 Å². The average Bonchev–Trinajstić information content (AvgIpc) is 3.31. The van der Waals surface area contributed by atoms with E-state index in [0.29, 0.717) is 16.8 Å². The third-order valence-corrected chi connectivity index (χ3v) is 6.43. The van der Waals surface area contributed by atoms with Gasteiger partial charge in [-0.25, -0.2) is 9.96 Å². The molecule has 5 rings (SSSR count). The van der Waals surface area contributed by atoms with Crippen molar-refractivity contribution in [1.82, 2.24) is 0 Å². The van der Waals surface area contributed by atoms with Crippen molar-refractivity contribution in [2.75, 3.05) is 9.96 Å². The smallest absolute Gasteiger partial charge is 0.266 e. The number of rotatable bonds is 4. The number of fused-ring (bicyclic) bond motifs is 1. The molecule has 9 heteroatoms. The number of nitrogens with zero attached hydrogens (tertiary/aromatic N) is 2. The predicted molar refractivity (Wildman–Crippen MR) is 124 cm³/mol. The fraction of sp³-hybridized carbons (Fsp3) is 0.125. The molecule has 3 aromatic rings. The number of primary amides is 1. The molecule has 2 saturated heterocycles. The molecule has 0 saturated carbocycles. The molecule has 166 valence electrons. The number of amides is 3. The van der Waals surface area contributed by atoms with Crippen molar-refractivity contribution in [2.45, 2.75) is 12.1 Å². The van der Waals surface area contributed by atoms with Crippen LogP contribution in [0.4, 0.5) is 11.4 Å². The second-order valence-corrected chi connectivity index (χ2v) is 8.54. The fourth-order valence-corrected chi connectivity index (χ4v) is 4.89. The van der Waals surface area contributed by atoms with Crippen LogP contribution in [0.2, 0.25) is 10.0 Å². The molecule has 2 N–H and O–H groups in total. The summed E-state index contributed by atoms with van der Waals surface area (Å²) >= 11 is 12.6. The number of para-hydroxylation sites is 2. The van der Waals surface area contributed by atoms with Gasteiger partial charge in [0.25, 0.3) is 5.91 Å². The van der Waals surface area contributed by atoms with Gasteiger partial charge < -0.3 is 5.73 Å². The lowest BCUT2D eigenvalue weighted by molar-refractivity contribution is -0.126. The first kappa shape index (κ1) is 21.5. The van der Waals surface area contributed by atoms with Crippen molar-refractivity contribution >= 4 is 52.3 Å². The molecule has 3 atom stereocenters. The number of hydrogen-bond donors (Lipinski definition) is 1. The average molecular weight is 482 g/mol. The molecule has 2 fully saturated rings. The third kappa shape index (κ3) is 3.45. The summed E-state index contributed by atoms with van der Waals surface area (Å²) in [5.74, 6) is -2.43. The second kappa shape index (κ2) is 8.19. The Morgan fingerprint density at radius 1 is 0.848 bits per heavy atom. The summed E-state index contributed by atoms with van der Waals surface area (Å²) in [4.78, 5) is 45.6. The van der Waals surface area contributed by atoms with Gasteiger partial charge in [0.15, 0.2) is 6.10 Å². The zero-order valence-corrected chi connectivity index (χ0v) is 18.5. The molecule has 0 spiro atoms. The van der Waals surface area contributed by atoms with E-state index in [1.165, 1.54) is 0 Å². The highest BCUT2D eigenvalue weighted by atomic mass is 35.5. The SMILES string of the molecule is NC(=O)c1ccc([C@H]2[C@H]3C(=O)N(c4c(Cl)cccc4Cl)C(=O)[C@@H]3ON2c2ccccc2)cc1. The molecule has 2 aliphatic rings. The maximum absolute atomic E-state index is 13.6. The minimum Gasteiger partial charge on any atom is -0.366 e. The van der Waals surface area contributed by atoms with E-state index in [1.807, 2.05) is 30.3 Å². The monoisotopic (exact) mass is 481 g/mol. The lowest BCUT2D eigenvalue weighted by atomic mass is 9.90. The Morgan fingerprint density at radius 2 is 1.48 bits per heavy atom. The van der Waals surface area contributed by atoms with Gasteiger partial charge in [-0.05, 0) is 42.0 Å².